The summed E-state index contributed by atoms with van der Waals surface area (Å²) in [6.07, 6.45) is 1.21. The van der Waals surface area contributed by atoms with Crippen LogP contribution in [0, 0.1) is 0 Å². The number of hydrogen-bond acceptors (Lipinski definition) is 3. The van der Waals surface area contributed by atoms with E-state index in [1.807, 2.05) is 30.3 Å². The molecule has 2 rings (SSSR count). The van der Waals surface area contributed by atoms with E-state index in [1.165, 1.54) is 4.90 Å². The van der Waals surface area contributed by atoms with E-state index in [1.54, 1.807) is 19.0 Å². The number of urea groups is 1. The van der Waals surface area contributed by atoms with Gasteiger partial charge in [-0.3, -0.25) is 0 Å². The predicted molar refractivity (Wildman–Crippen MR) is 83.4 cm³/mol. The molecule has 120 valence electrons. The fraction of sp³-hybridized carbons (Fsp3) is 0.500. The molecule has 0 spiro atoms. The van der Waals surface area contributed by atoms with Crippen LogP contribution in [-0.2, 0) is 11.3 Å². The van der Waals surface area contributed by atoms with Gasteiger partial charge in [-0.1, -0.05) is 30.3 Å². The van der Waals surface area contributed by atoms with Gasteiger partial charge in [0.25, 0.3) is 0 Å². The van der Waals surface area contributed by atoms with E-state index in [4.69, 9.17) is 4.74 Å². The Morgan fingerprint density at radius 1 is 1.23 bits per heavy atom. The first-order valence-corrected chi connectivity index (χ1v) is 7.49. The summed E-state index contributed by atoms with van der Waals surface area (Å²) in [6.45, 7) is 1.50. The summed E-state index contributed by atoms with van der Waals surface area (Å²) in [5.41, 5.74) is 0.976. The molecule has 1 fully saturated rings. The first-order chi connectivity index (χ1) is 10.6. The van der Waals surface area contributed by atoms with E-state index in [9.17, 15) is 9.59 Å². The number of rotatable bonds is 3. The smallest absolute Gasteiger partial charge is 0.410 e. The number of piperidine rings is 1. The van der Waals surface area contributed by atoms with Crippen molar-refractivity contribution in [1.82, 2.24) is 15.1 Å². The maximum atomic E-state index is 12.0. The summed E-state index contributed by atoms with van der Waals surface area (Å²) in [4.78, 5) is 26.8. The fourth-order valence-electron chi connectivity index (χ4n) is 2.32. The lowest BCUT2D eigenvalue weighted by atomic mass is 10.1. The highest BCUT2D eigenvalue weighted by Crippen LogP contribution is 2.12. The monoisotopic (exact) mass is 305 g/mol. The van der Waals surface area contributed by atoms with Crippen molar-refractivity contribution in [2.75, 3.05) is 27.2 Å². The minimum atomic E-state index is -0.291. The van der Waals surface area contributed by atoms with E-state index >= 15 is 0 Å². The van der Waals surface area contributed by atoms with Crippen molar-refractivity contribution >= 4 is 12.1 Å². The highest BCUT2D eigenvalue weighted by atomic mass is 16.6. The molecule has 3 amide bonds. The van der Waals surface area contributed by atoms with E-state index in [2.05, 4.69) is 5.32 Å². The number of ether oxygens (including phenoxy) is 1. The molecule has 1 aliphatic rings. The second kappa shape index (κ2) is 7.68. The first-order valence-electron chi connectivity index (χ1n) is 7.49. The predicted octanol–water partition coefficient (Wildman–Crippen LogP) is 2.06. The number of amides is 3. The number of carbonyl (C=O) groups is 2. The van der Waals surface area contributed by atoms with Gasteiger partial charge in [-0.2, -0.15) is 0 Å². The van der Waals surface area contributed by atoms with Gasteiger partial charge in [-0.15, -0.1) is 0 Å². The molecule has 1 aliphatic heterocycles. The summed E-state index contributed by atoms with van der Waals surface area (Å²) in [5, 5.41) is 2.94. The number of likely N-dealkylation sites (tertiary alicyclic amines) is 1. The van der Waals surface area contributed by atoms with Crippen molar-refractivity contribution in [2.45, 2.75) is 25.5 Å². The molecule has 1 aromatic carbocycles. The van der Waals surface area contributed by atoms with Gasteiger partial charge in [0, 0.05) is 33.2 Å². The van der Waals surface area contributed by atoms with E-state index in [-0.39, 0.29) is 24.8 Å². The maximum absolute atomic E-state index is 12.0. The van der Waals surface area contributed by atoms with E-state index in [0.717, 1.165) is 18.4 Å². The van der Waals surface area contributed by atoms with Crippen LogP contribution in [0.4, 0.5) is 9.59 Å². The van der Waals surface area contributed by atoms with Crippen molar-refractivity contribution in [1.29, 1.82) is 0 Å². The molecule has 6 nitrogen and oxygen atoms in total. The van der Waals surface area contributed by atoms with Crippen LogP contribution in [0.5, 0.6) is 0 Å². The van der Waals surface area contributed by atoms with Gasteiger partial charge in [0.2, 0.25) is 0 Å². The van der Waals surface area contributed by atoms with E-state index in [0.29, 0.717) is 13.1 Å². The normalized spacial score (nSPS) is 15.3. The molecule has 0 saturated carbocycles. The van der Waals surface area contributed by atoms with Crippen LogP contribution in [0.25, 0.3) is 0 Å². The topological polar surface area (TPSA) is 61.9 Å². The van der Waals surface area contributed by atoms with Gasteiger partial charge in [0.15, 0.2) is 0 Å². The molecule has 1 N–H and O–H groups in total. The van der Waals surface area contributed by atoms with Gasteiger partial charge < -0.3 is 19.9 Å². The van der Waals surface area contributed by atoms with Crippen molar-refractivity contribution < 1.29 is 14.3 Å². The van der Waals surface area contributed by atoms with Crippen molar-refractivity contribution in [3.05, 3.63) is 35.9 Å². The van der Waals surface area contributed by atoms with Crippen molar-refractivity contribution in [2.24, 2.45) is 0 Å². The molecular formula is C16H23N3O3. The van der Waals surface area contributed by atoms with Crippen LogP contribution < -0.4 is 5.32 Å². The Morgan fingerprint density at radius 2 is 1.86 bits per heavy atom. The van der Waals surface area contributed by atoms with Gasteiger partial charge in [0.05, 0.1) is 0 Å². The van der Waals surface area contributed by atoms with Crippen molar-refractivity contribution in [3.8, 4) is 0 Å². The molecule has 1 aromatic rings. The fourth-order valence-corrected chi connectivity index (χ4v) is 2.32. The van der Waals surface area contributed by atoms with Crippen LogP contribution in [0.15, 0.2) is 30.3 Å². The Bertz CT molecular complexity index is 497. The average molecular weight is 305 g/mol. The standard InChI is InChI=1S/C16H23N3O3/c1-18(2)15(20)17-14-8-10-19(11-9-14)16(21)22-12-13-6-4-3-5-7-13/h3-7,14H,8-12H2,1-2H3,(H,17,20). The maximum Gasteiger partial charge on any atom is 0.410 e. The average Bonchev–Trinajstić information content (AvgIpc) is 2.54. The molecule has 0 unspecified atom stereocenters. The summed E-state index contributed by atoms with van der Waals surface area (Å²) < 4.78 is 5.31. The van der Waals surface area contributed by atoms with Gasteiger partial charge in [-0.05, 0) is 18.4 Å². The summed E-state index contributed by atoms with van der Waals surface area (Å²) in [7, 11) is 3.43. The number of carbonyl (C=O) groups excluding carboxylic acids is 2. The molecule has 0 radical (unpaired) electrons. The van der Waals surface area contributed by atoms with Crippen molar-refractivity contribution in [3.63, 3.8) is 0 Å². The second-order valence-corrected chi connectivity index (χ2v) is 5.65. The Morgan fingerprint density at radius 3 is 2.45 bits per heavy atom. The molecule has 1 saturated heterocycles. The van der Waals surface area contributed by atoms with Crippen LogP contribution in [0.1, 0.15) is 18.4 Å². The first kappa shape index (κ1) is 16.1. The minimum Gasteiger partial charge on any atom is -0.445 e. The van der Waals surface area contributed by atoms with Gasteiger partial charge in [-0.25, -0.2) is 9.59 Å². The molecule has 1 heterocycles. The quantitative estimate of drug-likeness (QED) is 0.930. The Kier molecular flexibility index (Phi) is 5.63. The van der Waals surface area contributed by atoms with Crippen LogP contribution in [0.2, 0.25) is 0 Å². The third-order valence-corrected chi connectivity index (χ3v) is 3.69. The Labute approximate surface area is 131 Å². The molecule has 6 heteroatoms. The van der Waals surface area contributed by atoms with E-state index < -0.39 is 0 Å². The summed E-state index contributed by atoms with van der Waals surface area (Å²) in [6, 6.07) is 9.65. The highest BCUT2D eigenvalue weighted by Gasteiger charge is 2.25. The minimum absolute atomic E-state index is 0.0925. The zero-order valence-corrected chi connectivity index (χ0v) is 13.1. The lowest BCUT2D eigenvalue weighted by Crippen LogP contribution is -2.48. The molecule has 0 bridgehead atoms. The lowest BCUT2D eigenvalue weighted by Gasteiger charge is -2.32. The Hall–Kier alpha value is -2.24. The SMILES string of the molecule is CN(C)C(=O)NC1CCN(C(=O)OCc2ccccc2)CC1. The molecule has 22 heavy (non-hydrogen) atoms. The zero-order chi connectivity index (χ0) is 15.9. The number of nitrogens with zero attached hydrogens (tertiary/aromatic N) is 2. The van der Waals surface area contributed by atoms with Crippen LogP contribution >= 0.6 is 0 Å². The third kappa shape index (κ3) is 4.65. The highest BCUT2D eigenvalue weighted by molar-refractivity contribution is 5.74. The van der Waals surface area contributed by atoms with Crippen LogP contribution in [0.3, 0.4) is 0 Å². The third-order valence-electron chi connectivity index (χ3n) is 3.69. The lowest BCUT2D eigenvalue weighted by molar-refractivity contribution is 0.0856. The van der Waals surface area contributed by atoms with Gasteiger partial charge >= 0.3 is 12.1 Å². The molecular weight excluding hydrogens is 282 g/mol. The summed E-state index contributed by atoms with van der Waals surface area (Å²) in [5.74, 6) is 0. The second-order valence-electron chi connectivity index (χ2n) is 5.65. The Balaban J connectivity index is 1.72. The van der Waals surface area contributed by atoms with Gasteiger partial charge in [0.1, 0.15) is 6.61 Å². The molecule has 0 aliphatic carbocycles. The largest absolute Gasteiger partial charge is 0.445 e. The number of nitrogens with one attached hydrogen (secondary N) is 1. The number of hydrogen-bond donors (Lipinski definition) is 1. The van der Waals surface area contributed by atoms with Crippen LogP contribution in [-0.4, -0.2) is 55.2 Å². The summed E-state index contributed by atoms with van der Waals surface area (Å²) >= 11 is 0. The molecule has 0 atom stereocenters. The zero-order valence-electron chi connectivity index (χ0n) is 13.1. The number of benzene rings is 1. The molecule has 0 aromatic heterocycles.